The first-order chi connectivity index (χ1) is 9.56. The molecular formula is C18H30F2. The lowest BCUT2D eigenvalue weighted by molar-refractivity contribution is -0.0214. The molecule has 8 atom stereocenters. The second-order valence-electron chi connectivity index (χ2n) is 8.12. The number of fused-ring (bicyclic) bond motifs is 1. The maximum Gasteiger partial charge on any atom is 0.134 e. The number of hydrogen-bond donors (Lipinski definition) is 0. The van der Waals surface area contributed by atoms with Crippen LogP contribution in [0, 0.1) is 35.5 Å². The monoisotopic (exact) mass is 284 g/mol. The van der Waals surface area contributed by atoms with Crippen LogP contribution in [-0.4, -0.2) is 12.3 Å². The summed E-state index contributed by atoms with van der Waals surface area (Å²) in [5.41, 5.74) is 0. The highest BCUT2D eigenvalue weighted by molar-refractivity contribution is 4.94. The molecule has 8 unspecified atom stereocenters. The van der Waals surface area contributed by atoms with Crippen molar-refractivity contribution in [1.82, 2.24) is 0 Å². The standard InChI is InChI=1S/C18H30F2/c1-11-3-5-14-10-15(7-6-13(14)9-11)16-8-4-12(2)17(19)18(16)20/h11-18H,3-10H2,1-2H3. The molecule has 20 heavy (non-hydrogen) atoms. The number of halogens is 2. The van der Waals surface area contributed by atoms with Gasteiger partial charge >= 0.3 is 0 Å². The summed E-state index contributed by atoms with van der Waals surface area (Å²) in [5, 5.41) is 0. The Balaban J connectivity index is 1.61. The van der Waals surface area contributed by atoms with Gasteiger partial charge in [-0.15, -0.1) is 0 Å². The minimum absolute atomic E-state index is 0.0153. The highest BCUT2D eigenvalue weighted by Crippen LogP contribution is 2.49. The molecule has 2 heteroatoms. The van der Waals surface area contributed by atoms with Crippen molar-refractivity contribution >= 4 is 0 Å². The third kappa shape index (κ3) is 2.76. The molecule has 0 saturated heterocycles. The molecule has 3 aliphatic rings. The first kappa shape index (κ1) is 14.8. The van der Waals surface area contributed by atoms with E-state index in [2.05, 4.69) is 6.92 Å². The van der Waals surface area contributed by atoms with Crippen molar-refractivity contribution in [2.45, 2.75) is 77.6 Å². The Morgan fingerprint density at radius 3 is 2.10 bits per heavy atom. The first-order valence-electron chi connectivity index (χ1n) is 8.84. The normalized spacial score (nSPS) is 53.4. The van der Waals surface area contributed by atoms with Gasteiger partial charge in [0.15, 0.2) is 0 Å². The lowest BCUT2D eigenvalue weighted by atomic mass is 9.61. The molecule has 0 amide bonds. The predicted octanol–water partition coefficient (Wildman–Crippen LogP) is 5.56. The Hall–Kier alpha value is -0.140. The molecule has 0 radical (unpaired) electrons. The highest BCUT2D eigenvalue weighted by atomic mass is 19.2. The average Bonchev–Trinajstić information content (AvgIpc) is 2.44. The fourth-order valence-corrected chi connectivity index (χ4v) is 5.37. The van der Waals surface area contributed by atoms with Gasteiger partial charge in [-0.2, -0.15) is 0 Å². The molecule has 0 nitrogen and oxygen atoms in total. The van der Waals surface area contributed by atoms with E-state index >= 15 is 0 Å². The van der Waals surface area contributed by atoms with Gasteiger partial charge in [0.1, 0.15) is 12.3 Å². The molecule has 0 N–H and O–H groups in total. The number of alkyl halides is 2. The summed E-state index contributed by atoms with van der Waals surface area (Å²) >= 11 is 0. The Labute approximate surface area is 122 Å². The van der Waals surface area contributed by atoms with Crippen molar-refractivity contribution < 1.29 is 8.78 Å². The van der Waals surface area contributed by atoms with Gasteiger partial charge in [0.25, 0.3) is 0 Å². The van der Waals surface area contributed by atoms with Gasteiger partial charge in [-0.1, -0.05) is 20.3 Å². The van der Waals surface area contributed by atoms with Crippen molar-refractivity contribution in [2.75, 3.05) is 0 Å². The third-order valence-corrected chi connectivity index (χ3v) is 6.73. The maximum absolute atomic E-state index is 14.4. The van der Waals surface area contributed by atoms with Crippen molar-refractivity contribution in [2.24, 2.45) is 35.5 Å². The van der Waals surface area contributed by atoms with E-state index < -0.39 is 12.3 Å². The van der Waals surface area contributed by atoms with E-state index in [-0.39, 0.29) is 11.8 Å². The first-order valence-corrected chi connectivity index (χ1v) is 8.84. The van der Waals surface area contributed by atoms with Crippen LogP contribution in [0.4, 0.5) is 8.78 Å². The largest absolute Gasteiger partial charge is 0.244 e. The minimum Gasteiger partial charge on any atom is -0.244 e. The summed E-state index contributed by atoms with van der Waals surface area (Å²) < 4.78 is 28.4. The summed E-state index contributed by atoms with van der Waals surface area (Å²) in [6.07, 6.45) is 7.07. The topological polar surface area (TPSA) is 0 Å². The van der Waals surface area contributed by atoms with Crippen LogP contribution in [0.25, 0.3) is 0 Å². The van der Waals surface area contributed by atoms with E-state index in [1.165, 1.54) is 32.1 Å². The van der Waals surface area contributed by atoms with Crippen molar-refractivity contribution in [1.29, 1.82) is 0 Å². The molecular weight excluding hydrogens is 254 g/mol. The van der Waals surface area contributed by atoms with Gasteiger partial charge in [-0.25, -0.2) is 8.78 Å². The summed E-state index contributed by atoms with van der Waals surface area (Å²) in [6.45, 7) is 4.24. The number of hydrogen-bond acceptors (Lipinski definition) is 0. The molecule has 0 bridgehead atoms. The Kier molecular flexibility index (Phi) is 4.38. The summed E-state index contributed by atoms with van der Waals surface area (Å²) in [5.74, 6) is 2.99. The van der Waals surface area contributed by atoms with E-state index in [4.69, 9.17) is 0 Å². The molecule has 3 saturated carbocycles. The molecule has 0 aliphatic heterocycles. The highest BCUT2D eigenvalue weighted by Gasteiger charge is 2.44. The van der Waals surface area contributed by atoms with Crippen LogP contribution >= 0.6 is 0 Å². The van der Waals surface area contributed by atoms with Gasteiger partial charge in [-0.3, -0.25) is 0 Å². The molecule has 0 aromatic heterocycles. The van der Waals surface area contributed by atoms with Crippen LogP contribution < -0.4 is 0 Å². The smallest absolute Gasteiger partial charge is 0.134 e. The molecule has 0 aromatic rings. The molecule has 116 valence electrons. The predicted molar refractivity (Wildman–Crippen MR) is 79.0 cm³/mol. The van der Waals surface area contributed by atoms with Crippen molar-refractivity contribution in [3.05, 3.63) is 0 Å². The van der Waals surface area contributed by atoms with E-state index in [9.17, 15) is 8.78 Å². The minimum atomic E-state index is -1.21. The van der Waals surface area contributed by atoms with Gasteiger partial charge < -0.3 is 0 Å². The lowest BCUT2D eigenvalue weighted by Gasteiger charge is -2.46. The van der Waals surface area contributed by atoms with Crippen LogP contribution in [-0.2, 0) is 0 Å². The second kappa shape index (κ2) is 5.93. The molecule has 3 rings (SSSR count). The van der Waals surface area contributed by atoms with Crippen LogP contribution in [0.1, 0.15) is 65.2 Å². The summed E-state index contributed by atoms with van der Waals surface area (Å²) in [6, 6.07) is 0. The Morgan fingerprint density at radius 1 is 0.650 bits per heavy atom. The maximum atomic E-state index is 14.4. The average molecular weight is 284 g/mol. The number of rotatable bonds is 1. The molecule has 0 spiro atoms. The zero-order valence-corrected chi connectivity index (χ0v) is 13.0. The van der Waals surface area contributed by atoms with Crippen LogP contribution in [0.15, 0.2) is 0 Å². The van der Waals surface area contributed by atoms with Crippen molar-refractivity contribution in [3.63, 3.8) is 0 Å². The van der Waals surface area contributed by atoms with Crippen LogP contribution in [0.2, 0.25) is 0 Å². The van der Waals surface area contributed by atoms with Gasteiger partial charge in [-0.05, 0) is 80.5 Å². The molecule has 0 aromatic carbocycles. The fourth-order valence-electron chi connectivity index (χ4n) is 5.37. The zero-order chi connectivity index (χ0) is 14.3. The van der Waals surface area contributed by atoms with E-state index in [1.807, 2.05) is 6.92 Å². The molecule has 3 aliphatic carbocycles. The van der Waals surface area contributed by atoms with Crippen LogP contribution in [0.5, 0.6) is 0 Å². The molecule has 0 heterocycles. The molecule has 3 fully saturated rings. The SMILES string of the molecule is CC1CCC2CC(C3CCC(C)C(F)C3F)CCC2C1. The fraction of sp³-hybridized carbons (Fsp3) is 1.00. The van der Waals surface area contributed by atoms with Crippen LogP contribution in [0.3, 0.4) is 0 Å². The van der Waals surface area contributed by atoms with E-state index in [0.717, 1.165) is 37.0 Å². The van der Waals surface area contributed by atoms with E-state index in [1.54, 1.807) is 0 Å². The van der Waals surface area contributed by atoms with E-state index in [0.29, 0.717) is 5.92 Å². The Morgan fingerprint density at radius 2 is 1.30 bits per heavy atom. The summed E-state index contributed by atoms with van der Waals surface area (Å²) in [7, 11) is 0. The zero-order valence-electron chi connectivity index (χ0n) is 13.0. The third-order valence-electron chi connectivity index (χ3n) is 6.73. The quantitative estimate of drug-likeness (QED) is 0.591. The van der Waals surface area contributed by atoms with Crippen molar-refractivity contribution in [3.8, 4) is 0 Å². The van der Waals surface area contributed by atoms with Gasteiger partial charge in [0, 0.05) is 0 Å². The van der Waals surface area contributed by atoms with Gasteiger partial charge in [0.2, 0.25) is 0 Å². The second-order valence-corrected chi connectivity index (χ2v) is 8.12. The Bertz CT molecular complexity index is 329. The summed E-state index contributed by atoms with van der Waals surface area (Å²) in [4.78, 5) is 0. The lowest BCUT2D eigenvalue weighted by Crippen LogP contribution is -2.43. The van der Waals surface area contributed by atoms with Gasteiger partial charge in [0.05, 0.1) is 0 Å².